The van der Waals surface area contributed by atoms with Crippen LogP contribution in [0.3, 0.4) is 0 Å². The van der Waals surface area contributed by atoms with Crippen molar-refractivity contribution in [3.05, 3.63) is 0 Å². The highest BCUT2D eigenvalue weighted by atomic mass is 16.5. The highest BCUT2D eigenvalue weighted by Gasteiger charge is 2.26. The van der Waals surface area contributed by atoms with Crippen molar-refractivity contribution in [1.82, 2.24) is 10.7 Å². The van der Waals surface area contributed by atoms with Crippen molar-refractivity contribution in [2.24, 2.45) is 11.0 Å². The fourth-order valence-electron chi connectivity index (χ4n) is 1.85. The number of nitrogens with zero attached hydrogens (tertiary/aromatic N) is 1. The number of carbonyl (C=O) groups is 2. The Morgan fingerprint density at radius 1 is 1.47 bits per heavy atom. The van der Waals surface area contributed by atoms with Gasteiger partial charge in [0.1, 0.15) is 6.61 Å². The summed E-state index contributed by atoms with van der Waals surface area (Å²) < 4.78 is 5.25. The van der Waals surface area contributed by atoms with E-state index in [0.717, 1.165) is 25.0 Å². The fraction of sp³-hybridized carbons (Fsp3) is 0.769. The first-order valence-electron chi connectivity index (χ1n) is 6.83. The second kappa shape index (κ2) is 8.63. The molecule has 1 heterocycles. The van der Waals surface area contributed by atoms with E-state index in [-0.39, 0.29) is 24.3 Å². The molecule has 108 valence electrons. The second-order valence-corrected chi connectivity index (χ2v) is 4.68. The van der Waals surface area contributed by atoms with E-state index < -0.39 is 0 Å². The van der Waals surface area contributed by atoms with Gasteiger partial charge >= 0.3 is 0 Å². The van der Waals surface area contributed by atoms with Crippen molar-refractivity contribution in [2.75, 3.05) is 19.8 Å². The van der Waals surface area contributed by atoms with Gasteiger partial charge in [0.2, 0.25) is 11.8 Å². The van der Waals surface area contributed by atoms with E-state index in [0.29, 0.717) is 19.6 Å². The largest absolute Gasteiger partial charge is 0.372 e. The predicted molar refractivity (Wildman–Crippen MR) is 72.7 cm³/mol. The van der Waals surface area contributed by atoms with Gasteiger partial charge in [-0.05, 0) is 19.8 Å². The van der Waals surface area contributed by atoms with Crippen molar-refractivity contribution in [1.29, 1.82) is 0 Å². The SMILES string of the molecule is CCCCCOCC(=O)NCCC1C(=O)NN=C1C. The molecule has 0 spiro atoms. The van der Waals surface area contributed by atoms with Crippen molar-refractivity contribution >= 4 is 17.5 Å². The minimum absolute atomic E-state index is 0.0909. The lowest BCUT2D eigenvalue weighted by atomic mass is 10.0. The molecular weight excluding hydrogens is 246 g/mol. The summed E-state index contributed by atoms with van der Waals surface area (Å²) >= 11 is 0. The number of hydrazone groups is 1. The van der Waals surface area contributed by atoms with E-state index in [9.17, 15) is 9.59 Å². The topological polar surface area (TPSA) is 79.8 Å². The van der Waals surface area contributed by atoms with Crippen LogP contribution in [0.5, 0.6) is 0 Å². The Balaban J connectivity index is 2.04. The van der Waals surface area contributed by atoms with Crippen LogP contribution in [0.15, 0.2) is 5.10 Å². The molecule has 1 rings (SSSR count). The summed E-state index contributed by atoms with van der Waals surface area (Å²) in [6.45, 7) is 5.10. The molecule has 6 nitrogen and oxygen atoms in total. The first-order valence-corrected chi connectivity index (χ1v) is 6.83. The molecule has 2 amide bonds. The van der Waals surface area contributed by atoms with Gasteiger partial charge in [0.15, 0.2) is 0 Å². The molecule has 1 aliphatic rings. The van der Waals surface area contributed by atoms with E-state index in [2.05, 4.69) is 22.8 Å². The van der Waals surface area contributed by atoms with Gasteiger partial charge < -0.3 is 10.1 Å². The summed E-state index contributed by atoms with van der Waals surface area (Å²) in [5, 5.41) is 6.60. The van der Waals surface area contributed by atoms with E-state index in [1.807, 2.05) is 0 Å². The summed E-state index contributed by atoms with van der Waals surface area (Å²) in [4.78, 5) is 22.8. The number of unbranched alkanes of at least 4 members (excludes halogenated alkanes) is 2. The predicted octanol–water partition coefficient (Wildman–Crippen LogP) is 0.821. The zero-order valence-corrected chi connectivity index (χ0v) is 11.7. The Labute approximate surface area is 114 Å². The molecule has 0 bridgehead atoms. The van der Waals surface area contributed by atoms with Crippen LogP contribution >= 0.6 is 0 Å². The Morgan fingerprint density at radius 3 is 2.89 bits per heavy atom. The zero-order chi connectivity index (χ0) is 14.1. The summed E-state index contributed by atoms with van der Waals surface area (Å²) in [5.41, 5.74) is 3.20. The third kappa shape index (κ3) is 5.83. The summed E-state index contributed by atoms with van der Waals surface area (Å²) in [7, 11) is 0. The minimum atomic E-state index is -0.217. The average molecular weight is 269 g/mol. The monoisotopic (exact) mass is 269 g/mol. The first-order chi connectivity index (χ1) is 9.15. The Hall–Kier alpha value is -1.43. The third-order valence-corrected chi connectivity index (χ3v) is 3.04. The molecule has 0 aromatic carbocycles. The average Bonchev–Trinajstić information content (AvgIpc) is 2.70. The number of hydrogen-bond donors (Lipinski definition) is 2. The lowest BCUT2D eigenvalue weighted by Crippen LogP contribution is -2.32. The molecule has 0 fully saturated rings. The van der Waals surface area contributed by atoms with Gasteiger partial charge in [-0.1, -0.05) is 19.8 Å². The highest BCUT2D eigenvalue weighted by molar-refractivity contribution is 6.06. The van der Waals surface area contributed by atoms with Gasteiger partial charge in [-0.15, -0.1) is 0 Å². The van der Waals surface area contributed by atoms with Crippen molar-refractivity contribution < 1.29 is 14.3 Å². The van der Waals surface area contributed by atoms with Crippen LogP contribution in [0.1, 0.15) is 39.5 Å². The van der Waals surface area contributed by atoms with Crippen LogP contribution in [-0.4, -0.2) is 37.3 Å². The molecule has 1 aliphatic heterocycles. The zero-order valence-electron chi connectivity index (χ0n) is 11.7. The number of amides is 2. The minimum Gasteiger partial charge on any atom is -0.372 e. The number of nitrogens with one attached hydrogen (secondary N) is 2. The fourth-order valence-corrected chi connectivity index (χ4v) is 1.85. The molecular formula is C13H23N3O3. The van der Waals surface area contributed by atoms with E-state index >= 15 is 0 Å². The van der Waals surface area contributed by atoms with Crippen molar-refractivity contribution in [3.8, 4) is 0 Å². The third-order valence-electron chi connectivity index (χ3n) is 3.04. The van der Waals surface area contributed by atoms with E-state index in [4.69, 9.17) is 4.74 Å². The van der Waals surface area contributed by atoms with E-state index in [1.54, 1.807) is 6.92 Å². The van der Waals surface area contributed by atoms with E-state index in [1.165, 1.54) is 0 Å². The maximum Gasteiger partial charge on any atom is 0.248 e. The van der Waals surface area contributed by atoms with Gasteiger partial charge in [0, 0.05) is 18.9 Å². The van der Waals surface area contributed by atoms with Crippen LogP contribution in [0.25, 0.3) is 0 Å². The van der Waals surface area contributed by atoms with Crippen molar-refractivity contribution in [3.63, 3.8) is 0 Å². The molecule has 0 saturated heterocycles. The maximum absolute atomic E-state index is 11.4. The Kier molecular flexibility index (Phi) is 7.10. The van der Waals surface area contributed by atoms with Gasteiger partial charge in [-0.2, -0.15) is 5.10 Å². The van der Waals surface area contributed by atoms with Crippen LogP contribution in [0.2, 0.25) is 0 Å². The first kappa shape index (κ1) is 15.6. The molecule has 1 atom stereocenters. The number of carbonyl (C=O) groups excluding carboxylic acids is 2. The number of ether oxygens (including phenoxy) is 1. The molecule has 19 heavy (non-hydrogen) atoms. The number of rotatable bonds is 9. The van der Waals surface area contributed by atoms with Gasteiger partial charge in [-0.3, -0.25) is 9.59 Å². The smallest absolute Gasteiger partial charge is 0.248 e. The second-order valence-electron chi connectivity index (χ2n) is 4.68. The van der Waals surface area contributed by atoms with Crippen LogP contribution in [0, 0.1) is 5.92 Å². The van der Waals surface area contributed by atoms with Gasteiger partial charge in [0.05, 0.1) is 5.92 Å². The summed E-state index contributed by atoms with van der Waals surface area (Å²) in [6.07, 6.45) is 3.82. The lowest BCUT2D eigenvalue weighted by molar-refractivity contribution is -0.126. The Bertz CT molecular complexity index is 342. The molecule has 0 saturated carbocycles. The molecule has 0 aromatic heterocycles. The van der Waals surface area contributed by atoms with Gasteiger partial charge in [0.25, 0.3) is 0 Å². The molecule has 0 radical (unpaired) electrons. The highest BCUT2D eigenvalue weighted by Crippen LogP contribution is 2.10. The standard InChI is InChI=1S/C13H23N3O3/c1-3-4-5-8-19-9-12(17)14-7-6-11-10(2)15-16-13(11)18/h11H,3-9H2,1-2H3,(H,14,17)(H,16,18). The molecule has 2 N–H and O–H groups in total. The summed E-state index contributed by atoms with van der Waals surface area (Å²) in [6, 6.07) is 0. The molecule has 1 unspecified atom stereocenters. The van der Waals surface area contributed by atoms with Gasteiger partial charge in [-0.25, -0.2) is 5.43 Å². The summed E-state index contributed by atoms with van der Waals surface area (Å²) in [5.74, 6) is -0.446. The van der Waals surface area contributed by atoms with Crippen LogP contribution in [-0.2, 0) is 14.3 Å². The molecule has 0 aromatic rings. The van der Waals surface area contributed by atoms with Crippen LogP contribution < -0.4 is 10.7 Å². The number of hydrogen-bond acceptors (Lipinski definition) is 4. The quantitative estimate of drug-likeness (QED) is 0.608. The molecule has 6 heteroatoms. The van der Waals surface area contributed by atoms with Crippen LogP contribution in [0.4, 0.5) is 0 Å². The Morgan fingerprint density at radius 2 is 2.26 bits per heavy atom. The maximum atomic E-state index is 11.4. The molecule has 0 aliphatic carbocycles. The normalized spacial score (nSPS) is 18.1. The van der Waals surface area contributed by atoms with Crippen molar-refractivity contribution in [2.45, 2.75) is 39.5 Å². The lowest BCUT2D eigenvalue weighted by Gasteiger charge is -2.09.